The Morgan fingerprint density at radius 2 is 2.19 bits per heavy atom. The van der Waals surface area contributed by atoms with Crippen molar-refractivity contribution in [3.63, 3.8) is 0 Å². The summed E-state index contributed by atoms with van der Waals surface area (Å²) >= 11 is 3.57. The van der Waals surface area contributed by atoms with Crippen molar-refractivity contribution >= 4 is 15.9 Å². The fourth-order valence-corrected chi connectivity index (χ4v) is 2.80. The average Bonchev–Trinajstić information content (AvgIpc) is 3.03. The zero-order valence-electron chi connectivity index (χ0n) is 9.37. The van der Waals surface area contributed by atoms with E-state index in [0.717, 1.165) is 22.7 Å². The zero-order valence-corrected chi connectivity index (χ0v) is 11.0. The Morgan fingerprint density at radius 3 is 2.94 bits per heavy atom. The molecule has 1 aliphatic carbocycles. The molecule has 1 heterocycles. The predicted molar refractivity (Wildman–Crippen MR) is 67.7 cm³/mol. The van der Waals surface area contributed by atoms with Crippen molar-refractivity contribution in [2.75, 3.05) is 0 Å². The third-order valence-electron chi connectivity index (χ3n) is 3.27. The molecule has 3 rings (SSSR count). The number of halogens is 1. The van der Waals surface area contributed by atoms with Gasteiger partial charge >= 0.3 is 0 Å². The Kier molecular flexibility index (Phi) is 2.68. The fourth-order valence-electron chi connectivity index (χ4n) is 2.32. The van der Waals surface area contributed by atoms with Crippen molar-refractivity contribution < 1.29 is 4.74 Å². The minimum atomic E-state index is 0.294. The van der Waals surface area contributed by atoms with E-state index in [9.17, 15) is 0 Å². The van der Waals surface area contributed by atoms with E-state index in [1.807, 2.05) is 6.07 Å². The van der Waals surface area contributed by atoms with Crippen molar-refractivity contribution in [2.45, 2.75) is 44.4 Å². The average molecular weight is 282 g/mol. The Bertz CT molecular complexity index is 403. The molecule has 0 spiro atoms. The van der Waals surface area contributed by atoms with Crippen LogP contribution in [0, 0.1) is 0 Å². The second-order valence-corrected chi connectivity index (χ2v) is 5.67. The van der Waals surface area contributed by atoms with Crippen molar-refractivity contribution in [3.05, 3.63) is 28.2 Å². The van der Waals surface area contributed by atoms with Gasteiger partial charge in [-0.15, -0.1) is 0 Å². The van der Waals surface area contributed by atoms with E-state index in [2.05, 4.69) is 40.3 Å². The van der Waals surface area contributed by atoms with Gasteiger partial charge in [0, 0.05) is 24.1 Å². The SMILES string of the molecule is CC1CC(NC2CC2)c2cccc(Br)c2O1. The molecule has 0 bridgehead atoms. The molecule has 2 unspecified atom stereocenters. The number of rotatable bonds is 2. The molecule has 1 aliphatic heterocycles. The molecule has 1 fully saturated rings. The molecule has 16 heavy (non-hydrogen) atoms. The van der Waals surface area contributed by atoms with Crippen LogP contribution in [0.5, 0.6) is 5.75 Å². The summed E-state index contributed by atoms with van der Waals surface area (Å²) < 4.78 is 6.98. The van der Waals surface area contributed by atoms with Gasteiger partial charge in [0.15, 0.2) is 0 Å². The number of nitrogens with one attached hydrogen (secondary N) is 1. The van der Waals surface area contributed by atoms with Crippen molar-refractivity contribution in [1.82, 2.24) is 5.32 Å². The highest BCUT2D eigenvalue weighted by molar-refractivity contribution is 9.10. The molecule has 0 aromatic heterocycles. The molecular weight excluding hydrogens is 266 g/mol. The first-order chi connectivity index (χ1) is 7.74. The van der Waals surface area contributed by atoms with Crippen molar-refractivity contribution in [2.24, 2.45) is 0 Å². The Hall–Kier alpha value is -0.540. The van der Waals surface area contributed by atoms with Gasteiger partial charge < -0.3 is 10.1 Å². The van der Waals surface area contributed by atoms with E-state index in [0.29, 0.717) is 12.1 Å². The maximum absolute atomic E-state index is 5.91. The molecule has 0 radical (unpaired) electrons. The summed E-state index contributed by atoms with van der Waals surface area (Å²) in [6.07, 6.45) is 4.02. The smallest absolute Gasteiger partial charge is 0.138 e. The summed E-state index contributed by atoms with van der Waals surface area (Å²) in [7, 11) is 0. The van der Waals surface area contributed by atoms with Gasteiger partial charge in [-0.3, -0.25) is 0 Å². The third-order valence-corrected chi connectivity index (χ3v) is 3.90. The summed E-state index contributed by atoms with van der Waals surface area (Å²) in [5.74, 6) is 1.03. The quantitative estimate of drug-likeness (QED) is 0.897. The van der Waals surface area contributed by atoms with Gasteiger partial charge in [-0.05, 0) is 41.8 Å². The fraction of sp³-hybridized carbons (Fsp3) is 0.538. The van der Waals surface area contributed by atoms with Gasteiger partial charge in [-0.1, -0.05) is 12.1 Å². The largest absolute Gasteiger partial charge is 0.489 e. The number of hydrogen-bond acceptors (Lipinski definition) is 2. The van der Waals surface area contributed by atoms with Gasteiger partial charge in [-0.2, -0.15) is 0 Å². The molecule has 1 N–H and O–H groups in total. The maximum atomic E-state index is 5.91. The molecular formula is C13H16BrNO. The molecule has 1 saturated carbocycles. The van der Waals surface area contributed by atoms with Crippen LogP contribution in [0.15, 0.2) is 22.7 Å². The highest BCUT2D eigenvalue weighted by Crippen LogP contribution is 2.41. The Labute approximate surface area is 105 Å². The second-order valence-electron chi connectivity index (χ2n) is 4.82. The molecule has 0 saturated heterocycles. The molecule has 86 valence electrons. The van der Waals surface area contributed by atoms with Crippen molar-refractivity contribution in [1.29, 1.82) is 0 Å². The molecule has 0 amide bonds. The summed E-state index contributed by atoms with van der Waals surface area (Å²) in [5.41, 5.74) is 1.30. The van der Waals surface area contributed by atoms with Crippen LogP contribution in [0.25, 0.3) is 0 Å². The third kappa shape index (κ3) is 1.98. The normalized spacial score (nSPS) is 28.4. The predicted octanol–water partition coefficient (Wildman–Crippen LogP) is 3.41. The van der Waals surface area contributed by atoms with Crippen LogP contribution in [0.2, 0.25) is 0 Å². The molecule has 2 atom stereocenters. The van der Waals surface area contributed by atoms with E-state index in [4.69, 9.17) is 4.74 Å². The highest BCUT2D eigenvalue weighted by atomic mass is 79.9. The van der Waals surface area contributed by atoms with Gasteiger partial charge in [0.2, 0.25) is 0 Å². The number of hydrogen-bond donors (Lipinski definition) is 1. The lowest BCUT2D eigenvalue weighted by Gasteiger charge is -2.31. The number of benzene rings is 1. The summed E-state index contributed by atoms with van der Waals surface area (Å²) in [4.78, 5) is 0. The van der Waals surface area contributed by atoms with Gasteiger partial charge in [0.1, 0.15) is 5.75 Å². The summed E-state index contributed by atoms with van der Waals surface area (Å²) in [6, 6.07) is 7.51. The number of ether oxygens (including phenoxy) is 1. The summed E-state index contributed by atoms with van der Waals surface area (Å²) in [6.45, 7) is 2.14. The van der Waals surface area contributed by atoms with E-state index in [1.165, 1.54) is 18.4 Å². The summed E-state index contributed by atoms with van der Waals surface area (Å²) in [5, 5.41) is 3.71. The van der Waals surface area contributed by atoms with Crippen LogP contribution >= 0.6 is 15.9 Å². The van der Waals surface area contributed by atoms with E-state index >= 15 is 0 Å². The lowest BCUT2D eigenvalue weighted by atomic mass is 9.97. The first-order valence-electron chi connectivity index (χ1n) is 5.95. The number of para-hydroxylation sites is 1. The van der Waals surface area contributed by atoms with Crippen LogP contribution < -0.4 is 10.1 Å². The second kappa shape index (κ2) is 4.04. The topological polar surface area (TPSA) is 21.3 Å². The minimum absolute atomic E-state index is 0.294. The van der Waals surface area contributed by atoms with Crippen molar-refractivity contribution in [3.8, 4) is 5.75 Å². The number of fused-ring (bicyclic) bond motifs is 1. The van der Waals surface area contributed by atoms with E-state index < -0.39 is 0 Å². The van der Waals surface area contributed by atoms with Crippen LogP contribution in [-0.2, 0) is 0 Å². The standard InChI is InChI=1S/C13H16BrNO/c1-8-7-12(15-9-5-6-9)10-3-2-4-11(14)13(10)16-8/h2-4,8-9,12,15H,5-7H2,1H3. The van der Waals surface area contributed by atoms with Gasteiger partial charge in [0.25, 0.3) is 0 Å². The lowest BCUT2D eigenvalue weighted by molar-refractivity contribution is 0.164. The first-order valence-corrected chi connectivity index (χ1v) is 6.74. The zero-order chi connectivity index (χ0) is 11.1. The van der Waals surface area contributed by atoms with E-state index in [1.54, 1.807) is 0 Å². The Morgan fingerprint density at radius 1 is 1.38 bits per heavy atom. The van der Waals surface area contributed by atoms with Crippen LogP contribution in [0.1, 0.15) is 37.8 Å². The molecule has 1 aromatic carbocycles. The maximum Gasteiger partial charge on any atom is 0.138 e. The van der Waals surface area contributed by atoms with Gasteiger partial charge in [0.05, 0.1) is 10.6 Å². The first kappa shape index (κ1) is 10.6. The van der Waals surface area contributed by atoms with Crippen LogP contribution in [0.4, 0.5) is 0 Å². The Balaban J connectivity index is 1.93. The molecule has 3 heteroatoms. The highest BCUT2D eigenvalue weighted by Gasteiger charge is 2.31. The van der Waals surface area contributed by atoms with Crippen LogP contribution in [0.3, 0.4) is 0 Å². The van der Waals surface area contributed by atoms with Gasteiger partial charge in [-0.25, -0.2) is 0 Å². The minimum Gasteiger partial charge on any atom is -0.489 e. The van der Waals surface area contributed by atoms with E-state index in [-0.39, 0.29) is 0 Å². The lowest BCUT2D eigenvalue weighted by Crippen LogP contribution is -2.32. The monoisotopic (exact) mass is 281 g/mol. The molecule has 1 aromatic rings. The van der Waals surface area contributed by atoms with Crippen LogP contribution in [-0.4, -0.2) is 12.1 Å². The molecule has 2 aliphatic rings. The molecule has 2 nitrogen and oxygen atoms in total.